The quantitative estimate of drug-likeness (QED) is 0.656. The van der Waals surface area contributed by atoms with E-state index in [2.05, 4.69) is 0 Å². The Morgan fingerprint density at radius 1 is 1.42 bits per heavy atom. The van der Waals surface area contributed by atoms with Crippen LogP contribution in [0.15, 0.2) is 0 Å². The molecule has 0 spiro atoms. The van der Waals surface area contributed by atoms with Gasteiger partial charge in [0.1, 0.15) is 5.78 Å². The van der Waals surface area contributed by atoms with Crippen molar-refractivity contribution in [1.29, 1.82) is 0 Å². The third kappa shape index (κ3) is 3.61. The summed E-state index contributed by atoms with van der Waals surface area (Å²) in [6.45, 7) is 0. The predicted octanol–water partition coefficient (Wildman–Crippen LogP) is 2.89. The van der Waals surface area contributed by atoms with Crippen LogP contribution in [0, 0.1) is 5.92 Å². The van der Waals surface area contributed by atoms with E-state index in [1.54, 1.807) is 11.8 Å². The highest BCUT2D eigenvalue weighted by atomic mass is 32.2. The second-order valence-electron chi connectivity index (χ2n) is 3.66. The highest BCUT2D eigenvalue weighted by Gasteiger charge is 2.15. The van der Waals surface area contributed by atoms with Gasteiger partial charge in [-0.3, -0.25) is 4.79 Å². The van der Waals surface area contributed by atoms with Gasteiger partial charge in [-0.15, -0.1) is 0 Å². The second-order valence-corrected chi connectivity index (χ2v) is 4.53. The summed E-state index contributed by atoms with van der Waals surface area (Å²) in [5.41, 5.74) is 0. The Balaban J connectivity index is 2.03. The molecule has 0 aromatic rings. The van der Waals surface area contributed by atoms with E-state index in [0.29, 0.717) is 11.5 Å². The van der Waals surface area contributed by atoms with Gasteiger partial charge in [-0.2, -0.15) is 11.8 Å². The van der Waals surface area contributed by atoms with Crippen molar-refractivity contribution < 1.29 is 4.79 Å². The number of rotatable bonds is 5. The molecule has 0 amide bonds. The largest absolute Gasteiger partial charge is 0.299 e. The van der Waals surface area contributed by atoms with Gasteiger partial charge < -0.3 is 0 Å². The molecule has 1 rings (SSSR count). The molecular weight excluding hydrogens is 168 g/mol. The Kier molecular flexibility index (Phi) is 4.74. The van der Waals surface area contributed by atoms with Crippen LogP contribution in [0.3, 0.4) is 0 Å². The number of ketones is 1. The SMILES string of the molecule is CSCC(=O)CCC1CCCC1. The first-order valence-corrected chi connectivity index (χ1v) is 6.23. The molecule has 1 aliphatic rings. The maximum atomic E-state index is 11.2. The van der Waals surface area contributed by atoms with Crippen molar-refractivity contribution in [3.05, 3.63) is 0 Å². The molecule has 0 atom stereocenters. The van der Waals surface area contributed by atoms with E-state index in [1.165, 1.54) is 25.7 Å². The Morgan fingerprint density at radius 3 is 2.67 bits per heavy atom. The van der Waals surface area contributed by atoms with Crippen LogP contribution in [-0.4, -0.2) is 17.8 Å². The van der Waals surface area contributed by atoms with Gasteiger partial charge >= 0.3 is 0 Å². The first-order valence-electron chi connectivity index (χ1n) is 4.83. The average Bonchev–Trinajstić information content (AvgIpc) is 2.53. The molecule has 0 N–H and O–H groups in total. The van der Waals surface area contributed by atoms with Crippen LogP contribution in [0.2, 0.25) is 0 Å². The van der Waals surface area contributed by atoms with E-state index < -0.39 is 0 Å². The van der Waals surface area contributed by atoms with E-state index in [4.69, 9.17) is 0 Å². The zero-order valence-electron chi connectivity index (χ0n) is 7.84. The number of thioether (sulfide) groups is 1. The Hall–Kier alpha value is 0.0200. The van der Waals surface area contributed by atoms with Crippen molar-refractivity contribution in [2.24, 2.45) is 5.92 Å². The molecular formula is C10H18OS. The standard InChI is InChI=1S/C10H18OS/c1-12-8-10(11)7-6-9-4-2-3-5-9/h9H,2-8H2,1H3. The van der Waals surface area contributed by atoms with Gasteiger partial charge in [0.25, 0.3) is 0 Å². The van der Waals surface area contributed by atoms with Crippen molar-refractivity contribution in [1.82, 2.24) is 0 Å². The monoisotopic (exact) mass is 186 g/mol. The summed E-state index contributed by atoms with van der Waals surface area (Å²) < 4.78 is 0. The van der Waals surface area contributed by atoms with Crippen molar-refractivity contribution >= 4 is 17.5 Å². The van der Waals surface area contributed by atoms with Gasteiger partial charge in [-0.1, -0.05) is 25.7 Å². The lowest BCUT2D eigenvalue weighted by atomic mass is 10.0. The molecule has 70 valence electrons. The third-order valence-electron chi connectivity index (χ3n) is 2.61. The van der Waals surface area contributed by atoms with Crippen LogP contribution < -0.4 is 0 Å². The van der Waals surface area contributed by atoms with Crippen LogP contribution in [0.25, 0.3) is 0 Å². The van der Waals surface area contributed by atoms with E-state index >= 15 is 0 Å². The van der Waals surface area contributed by atoms with E-state index in [-0.39, 0.29) is 0 Å². The van der Waals surface area contributed by atoms with Gasteiger partial charge in [0.2, 0.25) is 0 Å². The highest BCUT2D eigenvalue weighted by Crippen LogP contribution is 2.28. The minimum Gasteiger partial charge on any atom is -0.299 e. The number of hydrogen-bond acceptors (Lipinski definition) is 2. The van der Waals surface area contributed by atoms with Crippen LogP contribution in [0.1, 0.15) is 38.5 Å². The predicted molar refractivity (Wildman–Crippen MR) is 54.6 cm³/mol. The summed E-state index contributed by atoms with van der Waals surface area (Å²) >= 11 is 1.64. The average molecular weight is 186 g/mol. The van der Waals surface area contributed by atoms with E-state index in [1.807, 2.05) is 6.26 Å². The van der Waals surface area contributed by atoms with Gasteiger partial charge in [-0.25, -0.2) is 0 Å². The molecule has 0 saturated heterocycles. The lowest BCUT2D eigenvalue weighted by molar-refractivity contribution is -0.116. The summed E-state index contributed by atoms with van der Waals surface area (Å²) in [7, 11) is 0. The van der Waals surface area contributed by atoms with Gasteiger partial charge in [0.05, 0.1) is 5.75 Å². The van der Waals surface area contributed by atoms with Gasteiger partial charge in [0.15, 0.2) is 0 Å². The number of Topliss-reactive ketones (excluding diaryl/α,β-unsaturated/α-hetero) is 1. The van der Waals surface area contributed by atoms with E-state index in [9.17, 15) is 4.79 Å². The number of carbonyl (C=O) groups is 1. The number of carbonyl (C=O) groups excluding carboxylic acids is 1. The molecule has 1 aliphatic carbocycles. The topological polar surface area (TPSA) is 17.1 Å². The maximum Gasteiger partial charge on any atom is 0.142 e. The molecule has 0 aliphatic heterocycles. The minimum absolute atomic E-state index is 0.439. The first kappa shape index (κ1) is 10.1. The van der Waals surface area contributed by atoms with Crippen molar-refractivity contribution in [2.45, 2.75) is 38.5 Å². The molecule has 0 radical (unpaired) electrons. The normalized spacial score (nSPS) is 18.4. The molecule has 0 aromatic heterocycles. The fourth-order valence-electron chi connectivity index (χ4n) is 1.90. The third-order valence-corrected chi connectivity index (χ3v) is 3.22. The Bertz CT molecular complexity index is 139. The maximum absolute atomic E-state index is 11.2. The molecule has 12 heavy (non-hydrogen) atoms. The molecule has 0 bridgehead atoms. The summed E-state index contributed by atoms with van der Waals surface area (Å²) in [6.07, 6.45) is 9.49. The van der Waals surface area contributed by atoms with Crippen molar-refractivity contribution in [3.63, 3.8) is 0 Å². The molecule has 0 unspecified atom stereocenters. The molecule has 0 heterocycles. The Labute approximate surface area is 79.3 Å². The van der Waals surface area contributed by atoms with Crippen LogP contribution in [-0.2, 0) is 4.79 Å². The molecule has 1 saturated carbocycles. The molecule has 1 nitrogen and oxygen atoms in total. The zero-order valence-corrected chi connectivity index (χ0v) is 8.66. The summed E-state index contributed by atoms with van der Waals surface area (Å²) in [6, 6.07) is 0. The molecule has 2 heteroatoms. The summed E-state index contributed by atoms with van der Waals surface area (Å²) in [4.78, 5) is 11.2. The first-order chi connectivity index (χ1) is 5.83. The summed E-state index contributed by atoms with van der Waals surface area (Å²) in [5, 5.41) is 0. The second kappa shape index (κ2) is 5.63. The van der Waals surface area contributed by atoms with Crippen LogP contribution >= 0.6 is 11.8 Å². The summed E-state index contributed by atoms with van der Waals surface area (Å²) in [5.74, 6) is 2.03. The lowest BCUT2D eigenvalue weighted by Crippen LogP contribution is -2.04. The fourth-order valence-corrected chi connectivity index (χ4v) is 2.36. The van der Waals surface area contributed by atoms with Crippen LogP contribution in [0.5, 0.6) is 0 Å². The minimum atomic E-state index is 0.439. The van der Waals surface area contributed by atoms with Gasteiger partial charge in [-0.05, 0) is 18.6 Å². The highest BCUT2D eigenvalue weighted by molar-refractivity contribution is 7.99. The zero-order chi connectivity index (χ0) is 8.81. The van der Waals surface area contributed by atoms with Crippen LogP contribution in [0.4, 0.5) is 0 Å². The van der Waals surface area contributed by atoms with Gasteiger partial charge in [0, 0.05) is 6.42 Å². The Morgan fingerprint density at radius 2 is 2.08 bits per heavy atom. The molecule has 1 fully saturated rings. The fraction of sp³-hybridized carbons (Fsp3) is 0.900. The smallest absolute Gasteiger partial charge is 0.142 e. The number of hydrogen-bond donors (Lipinski definition) is 0. The lowest BCUT2D eigenvalue weighted by Gasteiger charge is -2.06. The van der Waals surface area contributed by atoms with Crippen molar-refractivity contribution in [3.8, 4) is 0 Å². The van der Waals surface area contributed by atoms with Crippen molar-refractivity contribution in [2.75, 3.05) is 12.0 Å². The van der Waals surface area contributed by atoms with E-state index in [0.717, 1.165) is 18.8 Å². The molecule has 0 aromatic carbocycles.